The SMILES string of the molecule is CCCn1ncc(OC)c1C(NC)C(C)(C)OCC. The number of rotatable bonds is 8. The summed E-state index contributed by atoms with van der Waals surface area (Å²) in [6, 6.07) is 0.0245. The molecule has 0 aliphatic rings. The van der Waals surface area contributed by atoms with E-state index in [2.05, 4.69) is 31.2 Å². The van der Waals surface area contributed by atoms with Crippen molar-refractivity contribution in [2.24, 2.45) is 0 Å². The molecule has 110 valence electrons. The summed E-state index contributed by atoms with van der Waals surface area (Å²) >= 11 is 0. The van der Waals surface area contributed by atoms with Gasteiger partial charge in [0.1, 0.15) is 5.69 Å². The molecule has 0 aromatic carbocycles. The molecular weight excluding hydrogens is 242 g/mol. The molecule has 0 bridgehead atoms. The first-order chi connectivity index (χ1) is 9.01. The van der Waals surface area contributed by atoms with Crippen molar-refractivity contribution >= 4 is 0 Å². The third-order valence-electron chi connectivity index (χ3n) is 3.27. The van der Waals surface area contributed by atoms with Crippen LogP contribution in [-0.2, 0) is 11.3 Å². The summed E-state index contributed by atoms with van der Waals surface area (Å²) in [5, 5.41) is 7.75. The Bertz CT molecular complexity index is 388. The van der Waals surface area contributed by atoms with Gasteiger partial charge in [-0.1, -0.05) is 6.92 Å². The van der Waals surface area contributed by atoms with Crippen LogP contribution in [0.4, 0.5) is 0 Å². The Hall–Kier alpha value is -1.07. The van der Waals surface area contributed by atoms with Crippen LogP contribution in [0.2, 0.25) is 0 Å². The maximum atomic E-state index is 5.88. The Kier molecular flexibility index (Phi) is 5.82. The van der Waals surface area contributed by atoms with E-state index in [1.54, 1.807) is 13.3 Å². The predicted octanol–water partition coefficient (Wildman–Crippen LogP) is 2.38. The van der Waals surface area contributed by atoms with Crippen LogP contribution in [0.3, 0.4) is 0 Å². The second kappa shape index (κ2) is 6.91. The molecule has 0 saturated carbocycles. The van der Waals surface area contributed by atoms with Gasteiger partial charge in [-0.25, -0.2) is 0 Å². The molecule has 1 rings (SSSR count). The van der Waals surface area contributed by atoms with E-state index in [-0.39, 0.29) is 11.6 Å². The van der Waals surface area contributed by atoms with E-state index < -0.39 is 0 Å². The number of aromatic nitrogens is 2. The van der Waals surface area contributed by atoms with E-state index in [0.717, 1.165) is 24.4 Å². The molecule has 0 radical (unpaired) electrons. The van der Waals surface area contributed by atoms with Gasteiger partial charge in [-0.2, -0.15) is 5.10 Å². The fraction of sp³-hybridized carbons (Fsp3) is 0.786. The summed E-state index contributed by atoms with van der Waals surface area (Å²) in [5.74, 6) is 0.806. The number of nitrogens with zero attached hydrogens (tertiary/aromatic N) is 2. The van der Waals surface area contributed by atoms with Crippen molar-refractivity contribution in [3.8, 4) is 5.75 Å². The number of methoxy groups -OCH3 is 1. The molecule has 19 heavy (non-hydrogen) atoms. The van der Waals surface area contributed by atoms with Gasteiger partial charge < -0.3 is 14.8 Å². The van der Waals surface area contributed by atoms with Gasteiger partial charge in [0.2, 0.25) is 0 Å². The van der Waals surface area contributed by atoms with E-state index >= 15 is 0 Å². The van der Waals surface area contributed by atoms with Gasteiger partial charge in [0.25, 0.3) is 0 Å². The van der Waals surface area contributed by atoms with Crippen molar-refractivity contribution in [3.63, 3.8) is 0 Å². The van der Waals surface area contributed by atoms with Gasteiger partial charge in [-0.3, -0.25) is 4.68 Å². The third kappa shape index (κ3) is 3.48. The molecule has 0 aliphatic carbocycles. The molecule has 0 aliphatic heterocycles. The predicted molar refractivity (Wildman–Crippen MR) is 76.6 cm³/mol. The molecule has 1 N–H and O–H groups in total. The lowest BCUT2D eigenvalue weighted by Crippen LogP contribution is -2.41. The largest absolute Gasteiger partial charge is 0.493 e. The maximum absolute atomic E-state index is 5.88. The Balaban J connectivity index is 3.18. The molecule has 0 spiro atoms. The number of nitrogens with one attached hydrogen (secondary N) is 1. The van der Waals surface area contributed by atoms with Gasteiger partial charge in [-0.15, -0.1) is 0 Å². The molecule has 1 aromatic rings. The van der Waals surface area contributed by atoms with Crippen molar-refractivity contribution in [1.29, 1.82) is 0 Å². The Morgan fingerprint density at radius 3 is 2.58 bits per heavy atom. The molecule has 0 fully saturated rings. The minimum absolute atomic E-state index is 0.0245. The highest BCUT2D eigenvalue weighted by Gasteiger charge is 2.35. The average molecular weight is 269 g/mol. The molecule has 5 nitrogen and oxygen atoms in total. The minimum atomic E-state index is -0.331. The summed E-state index contributed by atoms with van der Waals surface area (Å²) in [6.45, 7) is 9.87. The number of hydrogen-bond acceptors (Lipinski definition) is 4. The van der Waals surface area contributed by atoms with E-state index in [4.69, 9.17) is 9.47 Å². The van der Waals surface area contributed by atoms with Crippen LogP contribution in [0.5, 0.6) is 5.75 Å². The lowest BCUT2D eigenvalue weighted by molar-refractivity contribution is -0.0399. The second-order valence-electron chi connectivity index (χ2n) is 5.08. The van der Waals surface area contributed by atoms with Crippen LogP contribution in [-0.4, -0.2) is 36.1 Å². The molecule has 5 heteroatoms. The van der Waals surface area contributed by atoms with Gasteiger partial charge in [0.05, 0.1) is 24.9 Å². The smallest absolute Gasteiger partial charge is 0.161 e. The molecule has 1 aromatic heterocycles. The van der Waals surface area contributed by atoms with Crippen LogP contribution < -0.4 is 10.1 Å². The first-order valence-corrected chi connectivity index (χ1v) is 6.92. The first kappa shape index (κ1) is 16.0. The summed E-state index contributed by atoms with van der Waals surface area (Å²) in [6.07, 6.45) is 2.81. The van der Waals surface area contributed by atoms with Crippen LogP contribution in [0.1, 0.15) is 45.9 Å². The number of likely N-dealkylation sites (N-methyl/N-ethyl adjacent to an activating group) is 1. The summed E-state index contributed by atoms with van der Waals surface area (Å²) in [7, 11) is 3.62. The summed E-state index contributed by atoms with van der Waals surface area (Å²) in [4.78, 5) is 0. The Labute approximate surface area is 116 Å². The molecule has 0 amide bonds. The van der Waals surface area contributed by atoms with E-state index in [1.165, 1.54) is 0 Å². The molecular formula is C14H27N3O2. The van der Waals surface area contributed by atoms with Gasteiger partial charge in [0, 0.05) is 13.2 Å². The van der Waals surface area contributed by atoms with Crippen molar-refractivity contribution < 1.29 is 9.47 Å². The fourth-order valence-electron chi connectivity index (χ4n) is 2.49. The van der Waals surface area contributed by atoms with Crippen LogP contribution >= 0.6 is 0 Å². The average Bonchev–Trinajstić information content (AvgIpc) is 2.73. The molecule has 0 saturated heterocycles. The monoisotopic (exact) mass is 269 g/mol. The van der Waals surface area contributed by atoms with Gasteiger partial charge >= 0.3 is 0 Å². The standard InChI is InChI=1S/C14H27N3O2/c1-7-9-17-12(11(18-6)10-16-17)13(15-5)14(3,4)19-8-2/h10,13,15H,7-9H2,1-6H3. The van der Waals surface area contributed by atoms with E-state index in [0.29, 0.717) is 6.61 Å². The van der Waals surface area contributed by atoms with E-state index in [1.807, 2.05) is 18.7 Å². The fourth-order valence-corrected chi connectivity index (χ4v) is 2.49. The van der Waals surface area contributed by atoms with Crippen LogP contribution in [0, 0.1) is 0 Å². The van der Waals surface area contributed by atoms with Crippen LogP contribution in [0.25, 0.3) is 0 Å². The summed E-state index contributed by atoms with van der Waals surface area (Å²) in [5.41, 5.74) is 0.716. The number of ether oxygens (including phenoxy) is 2. The Morgan fingerprint density at radius 1 is 1.42 bits per heavy atom. The molecule has 1 unspecified atom stereocenters. The topological polar surface area (TPSA) is 48.3 Å². The highest BCUT2D eigenvalue weighted by molar-refractivity contribution is 5.30. The lowest BCUT2D eigenvalue weighted by Gasteiger charge is -2.34. The van der Waals surface area contributed by atoms with Crippen molar-refractivity contribution in [2.45, 2.75) is 52.3 Å². The van der Waals surface area contributed by atoms with Crippen molar-refractivity contribution in [1.82, 2.24) is 15.1 Å². The summed E-state index contributed by atoms with van der Waals surface area (Å²) < 4.78 is 13.3. The zero-order chi connectivity index (χ0) is 14.5. The van der Waals surface area contributed by atoms with Gasteiger partial charge in [0.15, 0.2) is 5.75 Å². The second-order valence-corrected chi connectivity index (χ2v) is 5.08. The quantitative estimate of drug-likeness (QED) is 0.787. The number of aryl methyl sites for hydroxylation is 1. The molecule has 1 heterocycles. The zero-order valence-corrected chi connectivity index (χ0v) is 13.0. The van der Waals surface area contributed by atoms with Crippen molar-refractivity contribution in [2.75, 3.05) is 20.8 Å². The van der Waals surface area contributed by atoms with Crippen LogP contribution in [0.15, 0.2) is 6.20 Å². The van der Waals surface area contributed by atoms with E-state index in [9.17, 15) is 0 Å². The highest BCUT2D eigenvalue weighted by atomic mass is 16.5. The van der Waals surface area contributed by atoms with Crippen molar-refractivity contribution in [3.05, 3.63) is 11.9 Å². The highest BCUT2D eigenvalue weighted by Crippen LogP contribution is 2.34. The number of hydrogen-bond donors (Lipinski definition) is 1. The van der Waals surface area contributed by atoms with Gasteiger partial charge in [-0.05, 0) is 34.2 Å². The minimum Gasteiger partial charge on any atom is -0.493 e. The lowest BCUT2D eigenvalue weighted by atomic mass is 9.95. The Morgan fingerprint density at radius 2 is 2.11 bits per heavy atom. The third-order valence-corrected chi connectivity index (χ3v) is 3.27. The maximum Gasteiger partial charge on any atom is 0.161 e. The molecule has 1 atom stereocenters. The first-order valence-electron chi connectivity index (χ1n) is 6.92. The zero-order valence-electron chi connectivity index (χ0n) is 13.0. The normalized spacial score (nSPS) is 13.6.